The number of hydrogen-bond acceptors (Lipinski definition) is 6. The lowest BCUT2D eigenvalue weighted by atomic mass is 10.0. The molecule has 0 saturated carbocycles. The Labute approximate surface area is 167 Å². The molecule has 0 fully saturated rings. The first kappa shape index (κ1) is 18.6. The topological polar surface area (TPSA) is 75.0 Å². The smallest absolute Gasteiger partial charge is 0.343 e. The third-order valence-corrected chi connectivity index (χ3v) is 4.49. The fourth-order valence-electron chi connectivity index (χ4n) is 3.11. The number of benzene rings is 2. The maximum atomic E-state index is 12.7. The first-order valence-electron chi connectivity index (χ1n) is 8.96. The third kappa shape index (κ3) is 3.65. The van der Waals surface area contributed by atoms with Crippen molar-refractivity contribution in [3.05, 3.63) is 82.5 Å². The van der Waals surface area contributed by atoms with E-state index in [0.29, 0.717) is 33.9 Å². The highest BCUT2D eigenvalue weighted by atomic mass is 16.5. The largest absolute Gasteiger partial charge is 0.497 e. The SMILES string of the molecule is COc1cccc(C(=O)Oc2cc(C)c3c(c2)O/C(=C\c2ccc(C)o2)C3=O)c1. The zero-order chi connectivity index (χ0) is 20.5. The first-order chi connectivity index (χ1) is 13.9. The molecule has 146 valence electrons. The summed E-state index contributed by atoms with van der Waals surface area (Å²) in [5.74, 6) is 1.85. The van der Waals surface area contributed by atoms with Crippen LogP contribution in [0, 0.1) is 13.8 Å². The molecule has 1 aliphatic heterocycles. The van der Waals surface area contributed by atoms with Crippen molar-refractivity contribution in [2.75, 3.05) is 7.11 Å². The highest BCUT2D eigenvalue weighted by Gasteiger charge is 2.30. The van der Waals surface area contributed by atoms with Crippen molar-refractivity contribution in [2.24, 2.45) is 0 Å². The van der Waals surface area contributed by atoms with Gasteiger partial charge in [-0.15, -0.1) is 0 Å². The third-order valence-electron chi connectivity index (χ3n) is 4.49. The van der Waals surface area contributed by atoms with Crippen molar-refractivity contribution >= 4 is 17.8 Å². The minimum Gasteiger partial charge on any atom is -0.497 e. The molecule has 0 N–H and O–H groups in total. The summed E-state index contributed by atoms with van der Waals surface area (Å²) in [5.41, 5.74) is 1.45. The quantitative estimate of drug-likeness (QED) is 0.364. The highest BCUT2D eigenvalue weighted by Crippen LogP contribution is 2.37. The van der Waals surface area contributed by atoms with Crippen molar-refractivity contribution in [1.29, 1.82) is 0 Å². The van der Waals surface area contributed by atoms with Crippen LogP contribution in [0.25, 0.3) is 6.08 Å². The van der Waals surface area contributed by atoms with Crippen LogP contribution in [0.1, 0.15) is 37.8 Å². The van der Waals surface area contributed by atoms with E-state index in [4.69, 9.17) is 18.6 Å². The molecule has 0 unspecified atom stereocenters. The van der Waals surface area contributed by atoms with E-state index >= 15 is 0 Å². The molecule has 1 aromatic heterocycles. The molecule has 0 radical (unpaired) electrons. The number of Topliss-reactive ketones (excluding diaryl/α,β-unsaturated/α-hetero) is 1. The molecule has 4 rings (SSSR count). The number of rotatable bonds is 4. The van der Waals surface area contributed by atoms with Crippen molar-refractivity contribution < 1.29 is 28.2 Å². The minimum atomic E-state index is -0.533. The molecule has 2 heterocycles. The fraction of sp³-hybridized carbons (Fsp3) is 0.130. The maximum Gasteiger partial charge on any atom is 0.343 e. The molecule has 0 saturated heterocycles. The average Bonchev–Trinajstić information content (AvgIpc) is 3.25. The summed E-state index contributed by atoms with van der Waals surface area (Å²) < 4.78 is 21.8. The van der Waals surface area contributed by atoms with E-state index in [0.717, 1.165) is 5.76 Å². The summed E-state index contributed by atoms with van der Waals surface area (Å²) in [6, 6.07) is 13.4. The summed E-state index contributed by atoms with van der Waals surface area (Å²) in [4.78, 5) is 25.2. The number of fused-ring (bicyclic) bond motifs is 1. The molecule has 0 amide bonds. The highest BCUT2D eigenvalue weighted by molar-refractivity contribution is 6.15. The zero-order valence-corrected chi connectivity index (χ0v) is 16.1. The summed E-state index contributed by atoms with van der Waals surface area (Å²) >= 11 is 0. The summed E-state index contributed by atoms with van der Waals surface area (Å²) in [6.45, 7) is 3.59. The van der Waals surface area contributed by atoms with Crippen LogP contribution in [0.5, 0.6) is 17.2 Å². The number of methoxy groups -OCH3 is 1. The van der Waals surface area contributed by atoms with Gasteiger partial charge < -0.3 is 18.6 Å². The Balaban J connectivity index is 1.60. The van der Waals surface area contributed by atoms with Gasteiger partial charge in [-0.1, -0.05) is 6.07 Å². The standard InChI is InChI=1S/C23H18O6/c1-13-9-18(28-23(25)15-5-4-6-16(10-15)26-3)12-19-21(13)22(24)20(29-19)11-17-8-7-14(2)27-17/h4-12H,1-3H3/b20-11-. The number of ether oxygens (including phenoxy) is 3. The lowest BCUT2D eigenvalue weighted by molar-refractivity contribution is 0.0734. The van der Waals surface area contributed by atoms with E-state index in [9.17, 15) is 9.59 Å². The van der Waals surface area contributed by atoms with Gasteiger partial charge in [0.25, 0.3) is 0 Å². The predicted molar refractivity (Wildman–Crippen MR) is 106 cm³/mol. The molecule has 6 heteroatoms. The van der Waals surface area contributed by atoms with Gasteiger partial charge in [0.15, 0.2) is 5.76 Å². The predicted octanol–water partition coefficient (Wildman–Crippen LogP) is 4.74. The van der Waals surface area contributed by atoms with Crippen LogP contribution in [0.4, 0.5) is 0 Å². The molecule has 1 aliphatic rings. The molecule has 0 bridgehead atoms. The summed E-state index contributed by atoms with van der Waals surface area (Å²) in [6.07, 6.45) is 1.55. The Hall–Kier alpha value is -3.80. The van der Waals surface area contributed by atoms with Gasteiger partial charge in [-0.3, -0.25) is 4.79 Å². The van der Waals surface area contributed by atoms with Gasteiger partial charge in [0.05, 0.1) is 18.2 Å². The number of carbonyl (C=O) groups is 2. The van der Waals surface area contributed by atoms with E-state index < -0.39 is 5.97 Å². The second-order valence-corrected chi connectivity index (χ2v) is 6.62. The fourth-order valence-corrected chi connectivity index (χ4v) is 3.11. The van der Waals surface area contributed by atoms with E-state index in [1.807, 2.05) is 6.92 Å². The number of aryl methyl sites for hydroxylation is 2. The Morgan fingerprint density at radius 2 is 1.86 bits per heavy atom. The van der Waals surface area contributed by atoms with Crippen LogP contribution in [-0.4, -0.2) is 18.9 Å². The lowest BCUT2D eigenvalue weighted by Crippen LogP contribution is -2.09. The number of hydrogen-bond donors (Lipinski definition) is 0. The molecular weight excluding hydrogens is 372 g/mol. The molecule has 29 heavy (non-hydrogen) atoms. The van der Waals surface area contributed by atoms with Gasteiger partial charge in [0, 0.05) is 12.1 Å². The summed E-state index contributed by atoms with van der Waals surface area (Å²) in [5, 5.41) is 0. The molecule has 6 nitrogen and oxygen atoms in total. The van der Waals surface area contributed by atoms with Crippen molar-refractivity contribution in [3.8, 4) is 17.2 Å². The van der Waals surface area contributed by atoms with E-state index in [1.54, 1.807) is 55.5 Å². The number of esters is 1. The van der Waals surface area contributed by atoms with Gasteiger partial charge in [-0.2, -0.15) is 0 Å². The number of furan rings is 1. The second kappa shape index (κ2) is 7.31. The van der Waals surface area contributed by atoms with Crippen LogP contribution >= 0.6 is 0 Å². The monoisotopic (exact) mass is 390 g/mol. The summed E-state index contributed by atoms with van der Waals surface area (Å²) in [7, 11) is 1.53. The van der Waals surface area contributed by atoms with E-state index in [2.05, 4.69) is 0 Å². The molecule has 3 aromatic rings. The molecule has 0 spiro atoms. The molecular formula is C23H18O6. The Bertz CT molecular complexity index is 1150. The van der Waals surface area contributed by atoms with E-state index in [1.165, 1.54) is 13.2 Å². The van der Waals surface area contributed by atoms with Crippen LogP contribution < -0.4 is 14.2 Å². The lowest BCUT2D eigenvalue weighted by Gasteiger charge is -2.08. The second-order valence-electron chi connectivity index (χ2n) is 6.62. The normalized spacial score (nSPS) is 13.9. The van der Waals surface area contributed by atoms with Crippen LogP contribution in [0.3, 0.4) is 0 Å². The van der Waals surface area contributed by atoms with E-state index in [-0.39, 0.29) is 17.3 Å². The maximum absolute atomic E-state index is 12.7. The van der Waals surface area contributed by atoms with Gasteiger partial charge >= 0.3 is 5.97 Å². The van der Waals surface area contributed by atoms with Crippen molar-refractivity contribution in [1.82, 2.24) is 0 Å². The minimum absolute atomic E-state index is 0.161. The van der Waals surface area contributed by atoms with Crippen molar-refractivity contribution in [2.45, 2.75) is 13.8 Å². The molecule has 2 aromatic carbocycles. The number of ketones is 1. The zero-order valence-electron chi connectivity index (χ0n) is 16.1. The molecule has 0 aliphatic carbocycles. The van der Waals surface area contributed by atoms with Gasteiger partial charge in [-0.05, 0) is 55.8 Å². The Morgan fingerprint density at radius 3 is 2.59 bits per heavy atom. The molecule has 0 atom stereocenters. The van der Waals surface area contributed by atoms with Crippen LogP contribution in [0.2, 0.25) is 0 Å². The Kier molecular flexibility index (Phi) is 4.68. The number of carbonyl (C=O) groups excluding carboxylic acids is 2. The van der Waals surface area contributed by atoms with Gasteiger partial charge in [0.2, 0.25) is 5.78 Å². The first-order valence-corrected chi connectivity index (χ1v) is 8.96. The number of allylic oxidation sites excluding steroid dienone is 1. The van der Waals surface area contributed by atoms with Gasteiger partial charge in [0.1, 0.15) is 28.8 Å². The van der Waals surface area contributed by atoms with Crippen molar-refractivity contribution in [3.63, 3.8) is 0 Å². The van der Waals surface area contributed by atoms with Gasteiger partial charge in [-0.25, -0.2) is 4.79 Å². The average molecular weight is 390 g/mol. The van der Waals surface area contributed by atoms with Crippen LogP contribution in [-0.2, 0) is 0 Å². The Morgan fingerprint density at radius 1 is 1.03 bits per heavy atom. The van der Waals surface area contributed by atoms with Crippen LogP contribution in [0.15, 0.2) is 58.7 Å².